The van der Waals surface area contributed by atoms with E-state index < -0.39 is 0 Å². The molecule has 0 nitrogen and oxygen atoms in total. The van der Waals surface area contributed by atoms with Crippen LogP contribution in [0.5, 0.6) is 0 Å². The van der Waals surface area contributed by atoms with Crippen LogP contribution in [0.2, 0.25) is 0 Å². The van der Waals surface area contributed by atoms with Gasteiger partial charge in [0.2, 0.25) is 0 Å². The summed E-state index contributed by atoms with van der Waals surface area (Å²) in [7, 11) is 3.84. The molecule has 9 heavy (non-hydrogen) atoms. The maximum Gasteiger partial charge on any atom is 0.00393 e. The average molecular weight is 164 g/mol. The fourth-order valence-corrected chi connectivity index (χ4v) is 1.99. The minimum absolute atomic E-state index is 0.921. The van der Waals surface area contributed by atoms with E-state index in [9.17, 15) is 0 Å². The lowest BCUT2D eigenvalue weighted by Gasteiger charge is -2.04. The molecule has 0 radical (unpaired) electrons. The van der Waals surface area contributed by atoms with E-state index in [4.69, 9.17) is 0 Å². The smallest absolute Gasteiger partial charge is 0.00393 e. The summed E-state index contributed by atoms with van der Waals surface area (Å²) in [5, 5.41) is 0. The van der Waals surface area contributed by atoms with Crippen LogP contribution in [0.1, 0.15) is 26.7 Å². The molecule has 56 valence electrons. The minimum atomic E-state index is 0.921. The zero-order valence-electron chi connectivity index (χ0n) is 6.52. The summed E-state index contributed by atoms with van der Waals surface area (Å²) in [6, 6.07) is 0. The Balaban J connectivity index is 2.88. The fourth-order valence-electron chi connectivity index (χ4n) is 0.537. The molecule has 0 spiro atoms. The van der Waals surface area contributed by atoms with Crippen molar-refractivity contribution in [2.45, 2.75) is 26.7 Å². The van der Waals surface area contributed by atoms with Crippen molar-refractivity contribution in [3.63, 3.8) is 0 Å². The van der Waals surface area contributed by atoms with Gasteiger partial charge in [-0.05, 0) is 18.6 Å². The second-order valence-electron chi connectivity index (χ2n) is 2.29. The Morgan fingerprint density at radius 2 is 2.11 bits per heavy atom. The second-order valence-corrected chi connectivity index (χ2v) is 4.98. The highest BCUT2D eigenvalue weighted by molar-refractivity contribution is 8.76. The van der Waals surface area contributed by atoms with Crippen molar-refractivity contribution in [2.75, 3.05) is 12.0 Å². The van der Waals surface area contributed by atoms with E-state index >= 15 is 0 Å². The van der Waals surface area contributed by atoms with Crippen LogP contribution in [-0.4, -0.2) is 12.0 Å². The van der Waals surface area contributed by atoms with Gasteiger partial charge >= 0.3 is 0 Å². The van der Waals surface area contributed by atoms with Gasteiger partial charge in [-0.1, -0.05) is 41.9 Å². The minimum Gasteiger partial charge on any atom is -0.0976 e. The first-order valence-electron chi connectivity index (χ1n) is 3.46. The molecule has 0 aliphatic rings. The Labute approximate surface area is 66.6 Å². The highest BCUT2D eigenvalue weighted by Gasteiger charge is 1.96. The van der Waals surface area contributed by atoms with Gasteiger partial charge in [0.15, 0.2) is 0 Å². The Bertz CT molecular complexity index is 54.9. The maximum atomic E-state index is 2.32. The Kier molecular flexibility index (Phi) is 7.34. The molecule has 1 unspecified atom stereocenters. The SMILES string of the molecule is CCC(C)CCSSC. The molecule has 0 aromatic heterocycles. The van der Waals surface area contributed by atoms with Gasteiger partial charge in [0.25, 0.3) is 0 Å². The van der Waals surface area contributed by atoms with Gasteiger partial charge in [-0.2, -0.15) is 0 Å². The monoisotopic (exact) mass is 164 g/mol. The summed E-state index contributed by atoms with van der Waals surface area (Å²) in [5.74, 6) is 2.24. The van der Waals surface area contributed by atoms with Crippen LogP contribution >= 0.6 is 21.6 Å². The molecule has 0 aromatic carbocycles. The highest BCUT2D eigenvalue weighted by Crippen LogP contribution is 2.20. The van der Waals surface area contributed by atoms with E-state index in [0.29, 0.717) is 0 Å². The summed E-state index contributed by atoms with van der Waals surface area (Å²) in [4.78, 5) is 0. The van der Waals surface area contributed by atoms with Crippen molar-refractivity contribution in [3.8, 4) is 0 Å². The van der Waals surface area contributed by atoms with Gasteiger partial charge in [0.05, 0.1) is 0 Å². The predicted octanol–water partition coefficient (Wildman–Crippen LogP) is 3.43. The molecule has 0 fully saturated rings. The molecule has 0 bridgehead atoms. The first-order chi connectivity index (χ1) is 4.31. The molecule has 0 aliphatic heterocycles. The lowest BCUT2D eigenvalue weighted by molar-refractivity contribution is 0.549. The van der Waals surface area contributed by atoms with Crippen LogP contribution in [0, 0.1) is 5.92 Å². The van der Waals surface area contributed by atoms with Gasteiger partial charge in [-0.25, -0.2) is 0 Å². The molecular weight excluding hydrogens is 148 g/mol. The van der Waals surface area contributed by atoms with E-state index in [0.717, 1.165) is 5.92 Å². The summed E-state index contributed by atoms with van der Waals surface area (Å²) in [6.07, 6.45) is 4.85. The molecule has 0 N–H and O–H groups in total. The Morgan fingerprint density at radius 3 is 2.56 bits per heavy atom. The number of hydrogen-bond acceptors (Lipinski definition) is 2. The first-order valence-corrected chi connectivity index (χ1v) is 6.19. The van der Waals surface area contributed by atoms with Gasteiger partial charge in [0, 0.05) is 5.75 Å². The van der Waals surface area contributed by atoms with E-state index in [1.54, 1.807) is 0 Å². The third-order valence-electron chi connectivity index (χ3n) is 1.51. The molecule has 0 saturated carbocycles. The first kappa shape index (κ1) is 9.70. The highest BCUT2D eigenvalue weighted by atomic mass is 33.1. The zero-order chi connectivity index (χ0) is 7.11. The third-order valence-corrected chi connectivity index (χ3v) is 3.35. The summed E-state index contributed by atoms with van der Waals surface area (Å²) in [5.41, 5.74) is 0. The van der Waals surface area contributed by atoms with Gasteiger partial charge < -0.3 is 0 Å². The summed E-state index contributed by atoms with van der Waals surface area (Å²) in [6.45, 7) is 4.58. The molecule has 0 aromatic rings. The molecule has 2 heteroatoms. The van der Waals surface area contributed by atoms with Crippen molar-refractivity contribution in [2.24, 2.45) is 5.92 Å². The number of rotatable bonds is 5. The van der Waals surface area contributed by atoms with Crippen LogP contribution in [0.3, 0.4) is 0 Å². The normalized spacial score (nSPS) is 13.7. The van der Waals surface area contributed by atoms with Gasteiger partial charge in [-0.15, -0.1) is 0 Å². The van der Waals surface area contributed by atoms with E-state index in [1.165, 1.54) is 18.6 Å². The fraction of sp³-hybridized carbons (Fsp3) is 1.00. The van der Waals surface area contributed by atoms with Crippen LogP contribution < -0.4 is 0 Å². The molecule has 0 amide bonds. The van der Waals surface area contributed by atoms with Gasteiger partial charge in [0.1, 0.15) is 0 Å². The van der Waals surface area contributed by atoms with Crippen LogP contribution in [0.25, 0.3) is 0 Å². The molecule has 0 aliphatic carbocycles. The molecule has 1 atom stereocenters. The van der Waals surface area contributed by atoms with Crippen molar-refractivity contribution in [1.82, 2.24) is 0 Å². The van der Waals surface area contributed by atoms with Crippen molar-refractivity contribution < 1.29 is 0 Å². The molecule has 0 saturated heterocycles. The van der Waals surface area contributed by atoms with Crippen molar-refractivity contribution in [3.05, 3.63) is 0 Å². The Hall–Kier alpha value is 0.700. The van der Waals surface area contributed by atoms with Gasteiger partial charge in [-0.3, -0.25) is 0 Å². The molecule has 0 heterocycles. The van der Waals surface area contributed by atoms with E-state index in [-0.39, 0.29) is 0 Å². The van der Waals surface area contributed by atoms with E-state index in [2.05, 4.69) is 20.1 Å². The van der Waals surface area contributed by atoms with Crippen LogP contribution in [0.4, 0.5) is 0 Å². The number of hydrogen-bond donors (Lipinski definition) is 0. The second kappa shape index (κ2) is 6.81. The van der Waals surface area contributed by atoms with Crippen LogP contribution in [-0.2, 0) is 0 Å². The largest absolute Gasteiger partial charge is 0.0976 e. The maximum absolute atomic E-state index is 2.32. The topological polar surface area (TPSA) is 0 Å². The standard InChI is InChI=1S/C7H16S2/c1-4-7(2)5-6-9-8-3/h7H,4-6H2,1-3H3. The Morgan fingerprint density at radius 1 is 1.44 bits per heavy atom. The van der Waals surface area contributed by atoms with Crippen molar-refractivity contribution >= 4 is 21.6 Å². The molecule has 0 rings (SSSR count). The van der Waals surface area contributed by atoms with E-state index in [1.807, 2.05) is 21.6 Å². The summed E-state index contributed by atoms with van der Waals surface area (Å²) >= 11 is 0. The van der Waals surface area contributed by atoms with Crippen LogP contribution in [0.15, 0.2) is 0 Å². The zero-order valence-corrected chi connectivity index (χ0v) is 8.15. The summed E-state index contributed by atoms with van der Waals surface area (Å²) < 4.78 is 0. The van der Waals surface area contributed by atoms with Crippen molar-refractivity contribution in [1.29, 1.82) is 0 Å². The third kappa shape index (κ3) is 6.59. The molecular formula is C7H16S2. The quantitative estimate of drug-likeness (QED) is 0.451. The lowest BCUT2D eigenvalue weighted by atomic mass is 10.1. The average Bonchev–Trinajstić information content (AvgIpc) is 1.89. The predicted molar refractivity (Wildman–Crippen MR) is 50.0 cm³/mol. The lowest BCUT2D eigenvalue weighted by Crippen LogP contribution is -1.92.